The molecule has 2 aromatic carbocycles. The molecule has 1 atom stereocenters. The molecule has 0 saturated heterocycles. The van der Waals surface area contributed by atoms with Crippen LogP contribution in [0.5, 0.6) is 5.75 Å². The highest BCUT2D eigenvalue weighted by molar-refractivity contribution is 6.30. The van der Waals surface area contributed by atoms with E-state index < -0.39 is 0 Å². The van der Waals surface area contributed by atoms with E-state index >= 15 is 0 Å². The zero-order chi connectivity index (χ0) is 15.8. The highest BCUT2D eigenvalue weighted by Gasteiger charge is 2.21. The molecule has 0 aliphatic rings. The number of halogens is 1. The van der Waals surface area contributed by atoms with Crippen molar-refractivity contribution >= 4 is 11.6 Å². The SMILES string of the molecule is C[N+](CCO)(CCOc1ccc(Cl)cc1)Cc1ccccc1. The molecule has 2 aromatic rings. The first-order valence-electron chi connectivity index (χ1n) is 7.48. The van der Waals surface area contributed by atoms with Crippen LogP contribution in [0.2, 0.25) is 5.02 Å². The fraction of sp³-hybridized carbons (Fsp3) is 0.333. The molecule has 0 spiro atoms. The average molecular weight is 321 g/mol. The minimum absolute atomic E-state index is 0.171. The van der Waals surface area contributed by atoms with E-state index in [2.05, 4.69) is 19.2 Å². The molecular weight excluding hydrogens is 298 g/mol. The molecule has 1 unspecified atom stereocenters. The van der Waals surface area contributed by atoms with Gasteiger partial charge in [-0.2, -0.15) is 0 Å². The van der Waals surface area contributed by atoms with E-state index in [1.807, 2.05) is 42.5 Å². The van der Waals surface area contributed by atoms with Gasteiger partial charge in [-0.3, -0.25) is 0 Å². The summed E-state index contributed by atoms with van der Waals surface area (Å²) in [5.41, 5.74) is 1.27. The number of hydrogen-bond donors (Lipinski definition) is 1. The molecule has 0 heterocycles. The lowest BCUT2D eigenvalue weighted by molar-refractivity contribution is -0.922. The molecule has 2 rings (SSSR count). The average Bonchev–Trinajstić information content (AvgIpc) is 2.50. The first-order chi connectivity index (χ1) is 10.6. The van der Waals surface area contributed by atoms with Crippen LogP contribution in [-0.4, -0.2) is 42.9 Å². The molecular formula is C18H23ClNO2+. The number of aliphatic hydroxyl groups excluding tert-OH is 1. The Labute approximate surface area is 137 Å². The van der Waals surface area contributed by atoms with Crippen molar-refractivity contribution in [2.45, 2.75) is 6.54 Å². The number of benzene rings is 2. The normalized spacial score (nSPS) is 13.6. The first-order valence-corrected chi connectivity index (χ1v) is 7.86. The molecule has 0 fully saturated rings. The van der Waals surface area contributed by atoms with Crippen molar-refractivity contribution in [1.82, 2.24) is 0 Å². The van der Waals surface area contributed by atoms with Crippen LogP contribution < -0.4 is 4.74 Å². The lowest BCUT2D eigenvalue weighted by Gasteiger charge is -2.34. The van der Waals surface area contributed by atoms with Crippen LogP contribution in [0.25, 0.3) is 0 Å². The largest absolute Gasteiger partial charge is 0.488 e. The van der Waals surface area contributed by atoms with Crippen molar-refractivity contribution in [2.24, 2.45) is 0 Å². The predicted octanol–water partition coefficient (Wildman–Crippen LogP) is 3.36. The molecule has 118 valence electrons. The zero-order valence-corrected chi connectivity index (χ0v) is 13.7. The van der Waals surface area contributed by atoms with Crippen LogP contribution >= 0.6 is 11.6 Å². The Kier molecular flexibility index (Phi) is 6.25. The molecule has 0 amide bonds. The van der Waals surface area contributed by atoms with Crippen molar-refractivity contribution in [3.8, 4) is 5.75 Å². The summed E-state index contributed by atoms with van der Waals surface area (Å²) in [6.45, 7) is 3.19. The summed E-state index contributed by atoms with van der Waals surface area (Å²) in [5.74, 6) is 0.819. The fourth-order valence-corrected chi connectivity index (χ4v) is 2.58. The second-order valence-electron chi connectivity index (χ2n) is 5.74. The van der Waals surface area contributed by atoms with Crippen molar-refractivity contribution in [2.75, 3.05) is 33.4 Å². The third kappa shape index (κ3) is 5.34. The number of likely N-dealkylation sites (N-methyl/N-ethyl adjacent to an activating group) is 1. The Bertz CT molecular complexity index is 559. The predicted molar refractivity (Wildman–Crippen MR) is 90.1 cm³/mol. The molecule has 0 saturated carbocycles. The number of ether oxygens (including phenoxy) is 1. The van der Waals surface area contributed by atoms with E-state index in [0.29, 0.717) is 18.2 Å². The standard InChI is InChI=1S/C18H23ClNO2/c1-20(11-13-21,15-16-5-3-2-4-6-16)12-14-22-18-9-7-17(19)8-10-18/h2-10,21H,11-15H2,1H3/q+1. The molecule has 0 aliphatic carbocycles. The molecule has 22 heavy (non-hydrogen) atoms. The van der Waals surface area contributed by atoms with Gasteiger partial charge in [-0.25, -0.2) is 0 Å². The van der Waals surface area contributed by atoms with E-state index in [-0.39, 0.29) is 6.61 Å². The number of nitrogens with zero attached hydrogens (tertiary/aromatic N) is 1. The fourth-order valence-electron chi connectivity index (χ4n) is 2.45. The topological polar surface area (TPSA) is 29.5 Å². The van der Waals surface area contributed by atoms with E-state index in [1.54, 1.807) is 0 Å². The lowest BCUT2D eigenvalue weighted by Crippen LogP contribution is -2.47. The van der Waals surface area contributed by atoms with Crippen LogP contribution in [0, 0.1) is 0 Å². The van der Waals surface area contributed by atoms with Crippen LogP contribution in [0.3, 0.4) is 0 Å². The molecule has 0 radical (unpaired) electrons. The monoisotopic (exact) mass is 320 g/mol. The minimum atomic E-state index is 0.171. The van der Waals surface area contributed by atoms with Gasteiger partial charge >= 0.3 is 0 Å². The first kappa shape index (κ1) is 16.8. The summed E-state index contributed by atoms with van der Waals surface area (Å²) >= 11 is 5.86. The van der Waals surface area contributed by atoms with Crippen molar-refractivity contribution in [1.29, 1.82) is 0 Å². The third-order valence-corrected chi connectivity index (χ3v) is 4.01. The Morgan fingerprint density at radius 1 is 1.00 bits per heavy atom. The molecule has 4 heteroatoms. The summed E-state index contributed by atoms with van der Waals surface area (Å²) in [6, 6.07) is 17.7. The van der Waals surface area contributed by atoms with Gasteiger partial charge in [0, 0.05) is 10.6 Å². The van der Waals surface area contributed by atoms with Gasteiger partial charge in [0.25, 0.3) is 0 Å². The molecule has 0 aliphatic heterocycles. The van der Waals surface area contributed by atoms with Gasteiger partial charge in [0.2, 0.25) is 0 Å². The van der Waals surface area contributed by atoms with Gasteiger partial charge in [-0.1, -0.05) is 41.9 Å². The zero-order valence-electron chi connectivity index (χ0n) is 12.9. The highest BCUT2D eigenvalue weighted by Crippen LogP contribution is 2.16. The quantitative estimate of drug-likeness (QED) is 0.756. The van der Waals surface area contributed by atoms with E-state index in [4.69, 9.17) is 16.3 Å². The molecule has 0 bridgehead atoms. The Morgan fingerprint density at radius 3 is 2.32 bits per heavy atom. The molecule has 3 nitrogen and oxygen atoms in total. The second kappa shape index (κ2) is 8.18. The summed E-state index contributed by atoms with van der Waals surface area (Å²) < 4.78 is 6.53. The number of quaternary nitrogens is 1. The second-order valence-corrected chi connectivity index (χ2v) is 6.17. The Hall–Kier alpha value is -1.55. The molecule has 1 N–H and O–H groups in total. The number of hydrogen-bond acceptors (Lipinski definition) is 2. The van der Waals surface area contributed by atoms with Gasteiger partial charge < -0.3 is 14.3 Å². The number of rotatable bonds is 8. The Balaban J connectivity index is 1.91. The van der Waals surface area contributed by atoms with Gasteiger partial charge in [0.15, 0.2) is 0 Å². The summed E-state index contributed by atoms with van der Waals surface area (Å²) in [5, 5.41) is 10.1. The van der Waals surface area contributed by atoms with Gasteiger partial charge in [-0.15, -0.1) is 0 Å². The van der Waals surface area contributed by atoms with Crippen molar-refractivity contribution in [3.63, 3.8) is 0 Å². The van der Waals surface area contributed by atoms with Gasteiger partial charge in [0.1, 0.15) is 32.0 Å². The maximum atomic E-state index is 9.36. The highest BCUT2D eigenvalue weighted by atomic mass is 35.5. The van der Waals surface area contributed by atoms with Crippen molar-refractivity contribution in [3.05, 3.63) is 65.2 Å². The van der Waals surface area contributed by atoms with Gasteiger partial charge in [-0.05, 0) is 24.3 Å². The molecule has 0 aromatic heterocycles. The minimum Gasteiger partial charge on any atom is -0.488 e. The number of aliphatic hydroxyl groups is 1. The summed E-state index contributed by atoms with van der Waals surface area (Å²) in [6.07, 6.45) is 0. The third-order valence-electron chi connectivity index (χ3n) is 3.76. The van der Waals surface area contributed by atoms with E-state index in [0.717, 1.165) is 23.3 Å². The van der Waals surface area contributed by atoms with Gasteiger partial charge in [0.05, 0.1) is 13.7 Å². The van der Waals surface area contributed by atoms with Crippen molar-refractivity contribution < 1.29 is 14.3 Å². The van der Waals surface area contributed by atoms with Crippen LogP contribution in [0.4, 0.5) is 0 Å². The van der Waals surface area contributed by atoms with E-state index in [1.165, 1.54) is 5.56 Å². The van der Waals surface area contributed by atoms with Crippen LogP contribution in [-0.2, 0) is 6.54 Å². The maximum Gasteiger partial charge on any atom is 0.137 e. The summed E-state index contributed by atoms with van der Waals surface area (Å²) in [7, 11) is 2.15. The van der Waals surface area contributed by atoms with E-state index in [9.17, 15) is 5.11 Å². The summed E-state index contributed by atoms with van der Waals surface area (Å²) in [4.78, 5) is 0. The van der Waals surface area contributed by atoms with Crippen LogP contribution in [0.15, 0.2) is 54.6 Å². The smallest absolute Gasteiger partial charge is 0.137 e. The Morgan fingerprint density at radius 2 is 1.68 bits per heavy atom. The lowest BCUT2D eigenvalue weighted by atomic mass is 10.2. The maximum absolute atomic E-state index is 9.36. The van der Waals surface area contributed by atoms with Crippen LogP contribution in [0.1, 0.15) is 5.56 Å².